The SMILES string of the molecule is CN=C1CC2=C(CCCC2(C)C)N1C(C)C. The van der Waals surface area contributed by atoms with Crippen molar-refractivity contribution in [3.05, 3.63) is 11.3 Å². The number of rotatable bonds is 1. The van der Waals surface area contributed by atoms with E-state index < -0.39 is 0 Å². The maximum absolute atomic E-state index is 4.48. The molecule has 16 heavy (non-hydrogen) atoms. The number of nitrogens with zero attached hydrogens (tertiary/aromatic N) is 2. The van der Waals surface area contributed by atoms with Crippen LogP contribution in [0.15, 0.2) is 16.3 Å². The van der Waals surface area contributed by atoms with Crippen molar-refractivity contribution in [1.82, 2.24) is 4.90 Å². The second kappa shape index (κ2) is 3.90. The predicted molar refractivity (Wildman–Crippen MR) is 69.6 cm³/mol. The summed E-state index contributed by atoms with van der Waals surface area (Å²) in [5.41, 5.74) is 3.60. The van der Waals surface area contributed by atoms with E-state index in [0.29, 0.717) is 11.5 Å². The van der Waals surface area contributed by atoms with E-state index in [1.54, 1.807) is 11.3 Å². The molecule has 1 aliphatic carbocycles. The molecule has 0 atom stereocenters. The summed E-state index contributed by atoms with van der Waals surface area (Å²) in [5.74, 6) is 1.27. The van der Waals surface area contributed by atoms with Crippen LogP contribution in [0.2, 0.25) is 0 Å². The van der Waals surface area contributed by atoms with E-state index in [4.69, 9.17) is 0 Å². The third-order valence-corrected chi connectivity index (χ3v) is 4.06. The van der Waals surface area contributed by atoms with Gasteiger partial charge in [0.2, 0.25) is 0 Å². The van der Waals surface area contributed by atoms with Gasteiger partial charge in [-0.05, 0) is 44.1 Å². The molecule has 90 valence electrons. The van der Waals surface area contributed by atoms with Gasteiger partial charge in [0, 0.05) is 25.2 Å². The van der Waals surface area contributed by atoms with Crippen molar-refractivity contribution in [2.75, 3.05) is 7.05 Å². The molecule has 0 fully saturated rings. The van der Waals surface area contributed by atoms with Gasteiger partial charge in [-0.1, -0.05) is 13.8 Å². The van der Waals surface area contributed by atoms with E-state index in [2.05, 4.69) is 37.6 Å². The van der Waals surface area contributed by atoms with E-state index in [1.807, 2.05) is 7.05 Å². The highest BCUT2D eigenvalue weighted by Gasteiger charge is 2.39. The number of allylic oxidation sites excluding steroid dienone is 1. The Bertz CT molecular complexity index is 348. The van der Waals surface area contributed by atoms with Gasteiger partial charge in [0.15, 0.2) is 0 Å². The van der Waals surface area contributed by atoms with Crippen molar-refractivity contribution in [3.8, 4) is 0 Å². The molecule has 0 bridgehead atoms. The Labute approximate surface area is 99.4 Å². The van der Waals surface area contributed by atoms with Gasteiger partial charge in [0.05, 0.1) is 0 Å². The molecule has 0 amide bonds. The summed E-state index contributed by atoms with van der Waals surface area (Å²) in [7, 11) is 1.93. The fourth-order valence-corrected chi connectivity index (χ4v) is 3.19. The van der Waals surface area contributed by atoms with Crippen LogP contribution in [0.3, 0.4) is 0 Å². The van der Waals surface area contributed by atoms with E-state index in [0.717, 1.165) is 6.42 Å². The molecule has 0 aromatic carbocycles. The minimum Gasteiger partial charge on any atom is -0.331 e. The highest BCUT2D eigenvalue weighted by molar-refractivity contribution is 5.90. The zero-order valence-corrected chi connectivity index (χ0v) is 11.3. The van der Waals surface area contributed by atoms with Crippen LogP contribution in [-0.4, -0.2) is 23.8 Å². The topological polar surface area (TPSA) is 15.6 Å². The summed E-state index contributed by atoms with van der Waals surface area (Å²) < 4.78 is 0. The third-order valence-electron chi connectivity index (χ3n) is 4.06. The molecular formula is C14H24N2. The first-order chi connectivity index (χ1) is 7.47. The van der Waals surface area contributed by atoms with E-state index in [-0.39, 0.29) is 0 Å². The van der Waals surface area contributed by atoms with Crippen molar-refractivity contribution in [2.24, 2.45) is 10.4 Å². The van der Waals surface area contributed by atoms with Crippen LogP contribution < -0.4 is 0 Å². The monoisotopic (exact) mass is 220 g/mol. The van der Waals surface area contributed by atoms with Gasteiger partial charge in [-0.2, -0.15) is 0 Å². The molecule has 0 saturated heterocycles. The molecule has 2 aliphatic rings. The summed E-state index contributed by atoms with van der Waals surface area (Å²) in [6.45, 7) is 9.31. The van der Waals surface area contributed by atoms with Crippen LogP contribution in [0.4, 0.5) is 0 Å². The number of aliphatic imine (C=N–C) groups is 1. The molecule has 2 nitrogen and oxygen atoms in total. The minimum atomic E-state index is 0.382. The molecule has 2 heteroatoms. The lowest BCUT2D eigenvalue weighted by Gasteiger charge is -2.34. The molecule has 0 spiro atoms. The van der Waals surface area contributed by atoms with Gasteiger partial charge < -0.3 is 4.90 Å². The number of amidine groups is 1. The first-order valence-corrected chi connectivity index (χ1v) is 6.45. The van der Waals surface area contributed by atoms with E-state index >= 15 is 0 Å². The number of hydrogen-bond acceptors (Lipinski definition) is 1. The van der Waals surface area contributed by atoms with Crippen molar-refractivity contribution in [3.63, 3.8) is 0 Å². The standard InChI is InChI=1S/C14H24N2/c1-10(2)16-12-7-6-8-14(3,4)11(12)9-13(16)15-5/h10H,6-9H2,1-5H3. The Hall–Kier alpha value is -0.790. The van der Waals surface area contributed by atoms with Crippen LogP contribution in [0, 0.1) is 5.41 Å². The second-order valence-electron chi connectivity index (χ2n) is 5.94. The summed E-state index contributed by atoms with van der Waals surface area (Å²) >= 11 is 0. The molecule has 0 unspecified atom stereocenters. The molecule has 1 heterocycles. The molecule has 0 aromatic heterocycles. The summed E-state index contributed by atoms with van der Waals surface area (Å²) in [6.07, 6.45) is 4.98. The second-order valence-corrected chi connectivity index (χ2v) is 5.94. The molecule has 0 radical (unpaired) electrons. The summed E-state index contributed by atoms with van der Waals surface area (Å²) in [4.78, 5) is 6.95. The van der Waals surface area contributed by atoms with E-state index in [9.17, 15) is 0 Å². The zero-order valence-electron chi connectivity index (χ0n) is 11.3. The molecule has 0 N–H and O–H groups in total. The lowest BCUT2D eigenvalue weighted by Crippen LogP contribution is -2.33. The van der Waals surface area contributed by atoms with Crippen LogP contribution in [0.5, 0.6) is 0 Å². The van der Waals surface area contributed by atoms with Gasteiger partial charge >= 0.3 is 0 Å². The van der Waals surface area contributed by atoms with Crippen molar-refractivity contribution in [1.29, 1.82) is 0 Å². The molecular weight excluding hydrogens is 196 g/mol. The van der Waals surface area contributed by atoms with E-state index in [1.165, 1.54) is 25.1 Å². The maximum Gasteiger partial charge on any atom is 0.107 e. The van der Waals surface area contributed by atoms with Gasteiger partial charge in [0.1, 0.15) is 5.84 Å². The highest BCUT2D eigenvalue weighted by atomic mass is 15.2. The molecule has 1 aliphatic heterocycles. The van der Waals surface area contributed by atoms with Gasteiger partial charge in [-0.25, -0.2) is 0 Å². The average molecular weight is 220 g/mol. The summed E-state index contributed by atoms with van der Waals surface area (Å²) in [6, 6.07) is 0.542. The lowest BCUT2D eigenvalue weighted by atomic mass is 9.74. The highest BCUT2D eigenvalue weighted by Crippen LogP contribution is 2.47. The van der Waals surface area contributed by atoms with Crippen LogP contribution in [-0.2, 0) is 0 Å². The predicted octanol–water partition coefficient (Wildman–Crippen LogP) is 3.59. The minimum absolute atomic E-state index is 0.382. The first-order valence-electron chi connectivity index (χ1n) is 6.45. The van der Waals surface area contributed by atoms with Crippen LogP contribution in [0.25, 0.3) is 0 Å². The van der Waals surface area contributed by atoms with Gasteiger partial charge in [-0.3, -0.25) is 4.99 Å². The van der Waals surface area contributed by atoms with Crippen molar-refractivity contribution >= 4 is 5.84 Å². The number of hydrogen-bond donors (Lipinski definition) is 0. The Morgan fingerprint density at radius 1 is 1.31 bits per heavy atom. The Morgan fingerprint density at radius 2 is 2.00 bits per heavy atom. The normalized spacial score (nSPS) is 26.9. The molecule has 2 rings (SSSR count). The van der Waals surface area contributed by atoms with Crippen molar-refractivity contribution in [2.45, 2.75) is 59.4 Å². The van der Waals surface area contributed by atoms with Gasteiger partial charge in [-0.15, -0.1) is 0 Å². The third kappa shape index (κ3) is 1.68. The fourth-order valence-electron chi connectivity index (χ4n) is 3.19. The quantitative estimate of drug-likeness (QED) is 0.659. The largest absolute Gasteiger partial charge is 0.331 e. The zero-order chi connectivity index (χ0) is 11.9. The lowest BCUT2D eigenvalue weighted by molar-refractivity contribution is 0.331. The van der Waals surface area contributed by atoms with Gasteiger partial charge in [0.25, 0.3) is 0 Å². The smallest absolute Gasteiger partial charge is 0.107 e. The fraction of sp³-hybridized carbons (Fsp3) is 0.786. The summed E-state index contributed by atoms with van der Waals surface area (Å²) in [5, 5.41) is 0. The Balaban J connectivity index is 2.42. The average Bonchev–Trinajstić information content (AvgIpc) is 2.57. The van der Waals surface area contributed by atoms with Crippen molar-refractivity contribution < 1.29 is 0 Å². The molecule has 0 saturated carbocycles. The van der Waals surface area contributed by atoms with Crippen LogP contribution in [0.1, 0.15) is 53.4 Å². The molecule has 0 aromatic rings. The first kappa shape index (κ1) is 11.7. The Kier molecular flexibility index (Phi) is 2.85. The maximum atomic E-state index is 4.48. The van der Waals surface area contributed by atoms with Crippen LogP contribution >= 0.6 is 0 Å². The Morgan fingerprint density at radius 3 is 2.56 bits per heavy atom.